The van der Waals surface area contributed by atoms with Crippen molar-refractivity contribution in [3.63, 3.8) is 0 Å². The molecule has 2 heterocycles. The monoisotopic (exact) mass is 452 g/mol. The molecule has 0 aliphatic carbocycles. The summed E-state index contributed by atoms with van der Waals surface area (Å²) >= 11 is 0. The highest BCUT2D eigenvalue weighted by Crippen LogP contribution is 2.37. The average molecular weight is 453 g/mol. The first kappa shape index (κ1) is 22.2. The summed E-state index contributed by atoms with van der Waals surface area (Å²) in [5, 5.41) is 2.37. The number of imidazole rings is 1. The van der Waals surface area contributed by atoms with Gasteiger partial charge < -0.3 is 9.88 Å². The molecule has 1 amide bonds. The summed E-state index contributed by atoms with van der Waals surface area (Å²) in [5.41, 5.74) is 2.26. The smallest absolute Gasteiger partial charge is 0.251 e. The minimum absolute atomic E-state index is 0.0638. The largest absolute Gasteiger partial charge is 0.350 e. The highest BCUT2D eigenvalue weighted by atomic mass is 32.2. The van der Waals surface area contributed by atoms with Gasteiger partial charge >= 0.3 is 0 Å². The highest BCUT2D eigenvalue weighted by molar-refractivity contribution is 7.89. The number of benzene rings is 2. The number of nitrogens with one attached hydrogen (secondary N) is 1. The van der Waals surface area contributed by atoms with Gasteiger partial charge in [-0.1, -0.05) is 42.5 Å². The van der Waals surface area contributed by atoms with Crippen LogP contribution in [0.1, 0.15) is 46.5 Å². The minimum atomic E-state index is -3.48. The number of carbonyl (C=O) groups is 1. The van der Waals surface area contributed by atoms with Gasteiger partial charge in [0.2, 0.25) is 10.0 Å². The Morgan fingerprint density at radius 2 is 1.84 bits per heavy atom. The topological polar surface area (TPSA) is 84.3 Å². The molecule has 0 saturated carbocycles. The maximum absolute atomic E-state index is 13.4. The van der Waals surface area contributed by atoms with E-state index in [0.717, 1.165) is 17.5 Å². The van der Waals surface area contributed by atoms with Gasteiger partial charge in [0.15, 0.2) is 0 Å². The van der Waals surface area contributed by atoms with Crippen LogP contribution in [0.2, 0.25) is 0 Å². The molecule has 2 aromatic carbocycles. The molecule has 0 bridgehead atoms. The van der Waals surface area contributed by atoms with Crippen molar-refractivity contribution in [3.8, 4) is 0 Å². The zero-order valence-electron chi connectivity index (χ0n) is 18.1. The van der Waals surface area contributed by atoms with Gasteiger partial charge in [0, 0.05) is 43.6 Å². The molecule has 1 N–H and O–H groups in total. The Kier molecular flexibility index (Phi) is 6.72. The summed E-state index contributed by atoms with van der Waals surface area (Å²) < 4.78 is 30.2. The average Bonchev–Trinajstić information content (AvgIpc) is 3.31. The maximum Gasteiger partial charge on any atom is 0.251 e. The molecule has 32 heavy (non-hydrogen) atoms. The van der Waals surface area contributed by atoms with Crippen molar-refractivity contribution in [3.05, 3.63) is 90.0 Å². The van der Waals surface area contributed by atoms with E-state index >= 15 is 0 Å². The third-order valence-electron chi connectivity index (χ3n) is 5.97. The number of hydrogen-bond donors (Lipinski definition) is 1. The van der Waals surface area contributed by atoms with Gasteiger partial charge in [0.1, 0.15) is 5.25 Å². The second-order valence-corrected chi connectivity index (χ2v) is 10.2. The zero-order valence-corrected chi connectivity index (χ0v) is 18.9. The Morgan fingerprint density at radius 1 is 1.09 bits per heavy atom. The van der Waals surface area contributed by atoms with Crippen molar-refractivity contribution >= 4 is 15.9 Å². The molecule has 7 nitrogen and oxygen atoms in total. The first-order valence-electron chi connectivity index (χ1n) is 10.8. The van der Waals surface area contributed by atoms with Crippen molar-refractivity contribution in [2.45, 2.75) is 44.1 Å². The van der Waals surface area contributed by atoms with E-state index in [9.17, 15) is 13.2 Å². The van der Waals surface area contributed by atoms with Crippen LogP contribution >= 0.6 is 0 Å². The molecule has 2 atom stereocenters. The summed E-state index contributed by atoms with van der Waals surface area (Å²) in [6, 6.07) is 16.5. The molecule has 1 aromatic heterocycles. The molecule has 2 unspecified atom stereocenters. The van der Waals surface area contributed by atoms with Crippen LogP contribution in [0.3, 0.4) is 0 Å². The molecule has 4 rings (SSSR count). The van der Waals surface area contributed by atoms with E-state index in [0.29, 0.717) is 31.6 Å². The number of nitrogens with zero attached hydrogens (tertiary/aromatic N) is 3. The summed E-state index contributed by atoms with van der Waals surface area (Å²) in [6.45, 7) is 3.41. The number of carbonyl (C=O) groups excluding carboxylic acids is 1. The number of hydrogen-bond acceptors (Lipinski definition) is 4. The molecule has 8 heteroatoms. The molecule has 0 radical (unpaired) electrons. The van der Waals surface area contributed by atoms with Crippen LogP contribution in [0.25, 0.3) is 0 Å². The maximum atomic E-state index is 13.4. The van der Waals surface area contributed by atoms with Gasteiger partial charge in [-0.3, -0.25) is 4.79 Å². The number of rotatable bonds is 7. The zero-order chi connectivity index (χ0) is 22.6. The molecular weight excluding hydrogens is 424 g/mol. The lowest BCUT2D eigenvalue weighted by Gasteiger charge is -2.37. The van der Waals surface area contributed by atoms with Crippen molar-refractivity contribution in [2.24, 2.45) is 0 Å². The lowest BCUT2D eigenvalue weighted by molar-refractivity contribution is 0.0952. The van der Waals surface area contributed by atoms with E-state index < -0.39 is 15.3 Å². The second-order valence-electron chi connectivity index (χ2n) is 8.17. The van der Waals surface area contributed by atoms with Gasteiger partial charge in [-0.05, 0) is 43.0 Å². The molecule has 1 aliphatic rings. The van der Waals surface area contributed by atoms with Crippen molar-refractivity contribution < 1.29 is 13.2 Å². The van der Waals surface area contributed by atoms with Crippen LogP contribution in [0.4, 0.5) is 0 Å². The van der Waals surface area contributed by atoms with Crippen LogP contribution in [0, 0.1) is 0 Å². The summed E-state index contributed by atoms with van der Waals surface area (Å²) in [4.78, 5) is 16.4. The van der Waals surface area contributed by atoms with E-state index in [1.807, 2.05) is 60.2 Å². The lowest BCUT2D eigenvalue weighted by atomic mass is 10.0. The second kappa shape index (κ2) is 9.67. The SMILES string of the molecule is CC1CCC(c2ccccc2)S(=O)(=O)N1Cc1ccc(C(=O)NCCn2ccnc2)cc1. The van der Waals surface area contributed by atoms with Gasteiger partial charge in [-0.15, -0.1) is 0 Å². The van der Waals surface area contributed by atoms with Gasteiger partial charge in [-0.25, -0.2) is 13.4 Å². The van der Waals surface area contributed by atoms with Crippen LogP contribution in [-0.2, 0) is 23.1 Å². The van der Waals surface area contributed by atoms with Gasteiger partial charge in [0.25, 0.3) is 5.91 Å². The van der Waals surface area contributed by atoms with Crippen LogP contribution in [-0.4, -0.2) is 40.8 Å². The molecular formula is C24H28N4O3S. The first-order chi connectivity index (χ1) is 15.4. The predicted molar refractivity (Wildman–Crippen MR) is 123 cm³/mol. The van der Waals surface area contributed by atoms with Crippen LogP contribution in [0.15, 0.2) is 73.3 Å². The normalized spacial score (nSPS) is 20.7. The third kappa shape index (κ3) is 4.92. The van der Waals surface area contributed by atoms with Crippen molar-refractivity contribution in [1.29, 1.82) is 0 Å². The first-order valence-corrected chi connectivity index (χ1v) is 12.3. The van der Waals surface area contributed by atoms with E-state index in [1.165, 1.54) is 0 Å². The van der Waals surface area contributed by atoms with Crippen LogP contribution in [0.5, 0.6) is 0 Å². The Morgan fingerprint density at radius 3 is 2.53 bits per heavy atom. The number of sulfonamides is 1. The third-order valence-corrected chi connectivity index (χ3v) is 8.34. The Balaban J connectivity index is 1.41. The molecule has 0 spiro atoms. The molecule has 1 aliphatic heterocycles. The fraction of sp³-hybridized carbons (Fsp3) is 0.333. The molecule has 1 saturated heterocycles. The number of aromatic nitrogens is 2. The Hall–Kier alpha value is -2.97. The molecule has 3 aromatic rings. The number of amides is 1. The summed E-state index contributed by atoms with van der Waals surface area (Å²) in [5.74, 6) is -0.153. The molecule has 1 fully saturated rings. The summed E-state index contributed by atoms with van der Waals surface area (Å²) in [7, 11) is -3.48. The van der Waals surface area contributed by atoms with E-state index in [2.05, 4.69) is 10.3 Å². The van der Waals surface area contributed by atoms with E-state index in [1.54, 1.807) is 29.0 Å². The quantitative estimate of drug-likeness (QED) is 0.596. The summed E-state index contributed by atoms with van der Waals surface area (Å²) in [6.07, 6.45) is 6.70. The van der Waals surface area contributed by atoms with E-state index in [-0.39, 0.29) is 11.9 Å². The minimum Gasteiger partial charge on any atom is -0.350 e. The van der Waals surface area contributed by atoms with Crippen molar-refractivity contribution in [2.75, 3.05) is 6.54 Å². The van der Waals surface area contributed by atoms with Gasteiger partial charge in [0.05, 0.1) is 6.33 Å². The van der Waals surface area contributed by atoms with Gasteiger partial charge in [-0.2, -0.15) is 4.31 Å². The predicted octanol–water partition coefficient (Wildman–Crippen LogP) is 3.37. The van der Waals surface area contributed by atoms with Crippen LogP contribution < -0.4 is 5.32 Å². The van der Waals surface area contributed by atoms with E-state index in [4.69, 9.17) is 0 Å². The van der Waals surface area contributed by atoms with Crippen molar-refractivity contribution in [1.82, 2.24) is 19.2 Å². The highest BCUT2D eigenvalue weighted by Gasteiger charge is 2.40. The fourth-order valence-electron chi connectivity index (χ4n) is 4.11. The standard InChI is InChI=1S/C24H28N4O3S/c1-19-7-12-23(21-5-3-2-4-6-21)32(30,31)28(19)17-20-8-10-22(11-9-20)24(29)26-14-16-27-15-13-25-18-27/h2-6,8-11,13,15,18-19,23H,7,12,14,16-17H2,1H3,(H,26,29). The Bertz CT molecular complexity index is 1130. The molecule has 168 valence electrons. The Labute approximate surface area is 189 Å². The lowest BCUT2D eigenvalue weighted by Crippen LogP contribution is -2.44. The fourth-order valence-corrected chi connectivity index (χ4v) is 6.31.